The molecule has 2 atom stereocenters. The van der Waals surface area contributed by atoms with Gasteiger partial charge in [0, 0.05) is 117 Å². The maximum Gasteiger partial charge on any atom is 0.503 e. The lowest BCUT2D eigenvalue weighted by molar-refractivity contribution is 0.0546. The van der Waals surface area contributed by atoms with Gasteiger partial charge in [0.2, 0.25) is 0 Å². The minimum Gasteiger partial charge on any atom is -0.377 e. The summed E-state index contributed by atoms with van der Waals surface area (Å²) in [6.07, 6.45) is 17.9. The maximum absolute atomic E-state index is 6.56. The molecule has 0 amide bonds. The average molecular weight is 1000 g/mol. The molecule has 0 saturated carbocycles. The first-order valence-corrected chi connectivity index (χ1v) is 35.0. The van der Waals surface area contributed by atoms with E-state index >= 15 is 0 Å². The van der Waals surface area contributed by atoms with Crippen molar-refractivity contribution in [2.45, 2.75) is 180 Å². The summed E-state index contributed by atoms with van der Waals surface area (Å²) in [7, 11) is 4.40. The van der Waals surface area contributed by atoms with Crippen molar-refractivity contribution >= 4 is 66.6 Å². The highest BCUT2D eigenvalue weighted by Crippen LogP contribution is 2.42. The monoisotopic (exact) mass is 998 g/mol. The van der Waals surface area contributed by atoms with Gasteiger partial charge in [-0.3, -0.25) is 0 Å². The van der Waals surface area contributed by atoms with Crippen LogP contribution in [0.15, 0.2) is 0 Å². The molecule has 0 bridgehead atoms. The van der Waals surface area contributed by atoms with Gasteiger partial charge in [-0.05, 0) is 86.9 Å². The summed E-state index contributed by atoms with van der Waals surface area (Å²) in [4.78, 5) is 0. The van der Waals surface area contributed by atoms with Crippen LogP contribution in [-0.4, -0.2) is 129 Å². The molecule has 0 aliphatic heterocycles. The number of hydrogen-bond donors (Lipinski definition) is 0. The molecule has 0 aliphatic rings. The van der Waals surface area contributed by atoms with Crippen LogP contribution in [0, 0.1) is 0 Å². The van der Waals surface area contributed by atoms with Crippen LogP contribution in [0.4, 0.5) is 0 Å². The zero-order chi connectivity index (χ0) is 45.6. The lowest BCUT2D eigenvalue weighted by Gasteiger charge is -2.34. The van der Waals surface area contributed by atoms with Crippen molar-refractivity contribution in [3.8, 4) is 0 Å². The van der Waals surface area contributed by atoms with Crippen molar-refractivity contribution in [1.29, 1.82) is 0 Å². The van der Waals surface area contributed by atoms with Gasteiger partial charge >= 0.3 is 35.2 Å². The summed E-state index contributed by atoms with van der Waals surface area (Å²) in [6.45, 7) is 17.2. The Labute approximate surface area is 391 Å². The highest BCUT2D eigenvalue weighted by molar-refractivity contribution is 9.09. The third kappa shape index (κ3) is 26.0. The first-order valence-electron chi connectivity index (χ1n) is 23.7. The van der Waals surface area contributed by atoms with Gasteiger partial charge in [-0.15, -0.1) is 0 Å². The number of rotatable bonds is 48. The molecule has 0 heterocycles. The lowest BCUT2D eigenvalue weighted by Crippen LogP contribution is -2.49. The standard InChI is InChI=1S/C42H94O12S3Si4/c1-13-19-31-49-58(50-32-20-14-2,51-33-21-15-3)39-25-27-41(60(43-7,44-8)45-9)29-37-55-57-56-38-30-42(61(46-10,47-11)48-12)28-26-40-59(52-34-22-16-4,53-35-23-17-5)54-36-24-18-6/h41-42H,13-40H2,1-12H3. The second kappa shape index (κ2) is 40.5. The smallest absolute Gasteiger partial charge is 0.377 e. The zero-order valence-electron chi connectivity index (χ0n) is 41.1. The SMILES string of the molecule is CCCCO[Si](CCCC(CCSSSCCC(CCC[Si](OCCCC)(OCCCC)OCCCC)[Si](OC)(OC)OC)[Si](OC)(OC)OC)(OCCCC)OCCCC. The van der Waals surface area contributed by atoms with Crippen molar-refractivity contribution in [2.75, 3.05) is 93.8 Å². The van der Waals surface area contributed by atoms with E-state index in [-0.39, 0.29) is 11.1 Å². The van der Waals surface area contributed by atoms with Crippen molar-refractivity contribution in [3.05, 3.63) is 0 Å². The first-order chi connectivity index (χ1) is 29.6. The third-order valence-electron chi connectivity index (χ3n) is 10.9. The van der Waals surface area contributed by atoms with E-state index in [1.807, 2.05) is 31.4 Å². The molecule has 12 nitrogen and oxygen atoms in total. The van der Waals surface area contributed by atoms with Crippen molar-refractivity contribution in [3.63, 3.8) is 0 Å². The minimum absolute atomic E-state index is 0.138. The molecular weight excluding hydrogens is 905 g/mol. The molecule has 0 rings (SSSR count). The molecule has 2 unspecified atom stereocenters. The predicted molar refractivity (Wildman–Crippen MR) is 268 cm³/mol. The van der Waals surface area contributed by atoms with Gasteiger partial charge in [0.1, 0.15) is 0 Å². The van der Waals surface area contributed by atoms with Crippen LogP contribution in [0.5, 0.6) is 0 Å². The highest BCUT2D eigenvalue weighted by Gasteiger charge is 2.49. The predicted octanol–water partition coefficient (Wildman–Crippen LogP) is 12.6. The highest BCUT2D eigenvalue weighted by atomic mass is 33.5. The van der Waals surface area contributed by atoms with E-state index in [4.69, 9.17) is 53.1 Å². The van der Waals surface area contributed by atoms with Gasteiger partial charge in [-0.25, -0.2) is 0 Å². The van der Waals surface area contributed by atoms with Crippen molar-refractivity contribution < 1.29 is 53.1 Å². The Bertz CT molecular complexity index is 826. The topological polar surface area (TPSA) is 111 Å². The van der Waals surface area contributed by atoms with E-state index in [1.54, 1.807) is 42.7 Å². The Morgan fingerprint density at radius 2 is 0.590 bits per heavy atom. The quantitative estimate of drug-likeness (QED) is 0.0327. The molecule has 61 heavy (non-hydrogen) atoms. The van der Waals surface area contributed by atoms with Crippen molar-refractivity contribution in [2.24, 2.45) is 0 Å². The Balaban J connectivity index is 5.70. The van der Waals surface area contributed by atoms with E-state index in [9.17, 15) is 0 Å². The Morgan fingerprint density at radius 1 is 0.344 bits per heavy atom. The van der Waals surface area contributed by atoms with Gasteiger partial charge in [0.05, 0.1) is 0 Å². The second-order valence-electron chi connectivity index (χ2n) is 15.5. The van der Waals surface area contributed by atoms with Gasteiger partial charge in [0.25, 0.3) is 0 Å². The fourth-order valence-corrected chi connectivity index (χ4v) is 21.9. The zero-order valence-corrected chi connectivity index (χ0v) is 47.5. The normalized spacial score (nSPS) is 14.0. The van der Waals surface area contributed by atoms with Crippen LogP contribution in [0.3, 0.4) is 0 Å². The van der Waals surface area contributed by atoms with E-state index in [0.29, 0.717) is 39.6 Å². The Morgan fingerprint density at radius 3 is 0.803 bits per heavy atom. The fraction of sp³-hybridized carbons (Fsp3) is 1.00. The lowest BCUT2D eigenvalue weighted by atomic mass is 10.2. The molecule has 0 aliphatic carbocycles. The van der Waals surface area contributed by atoms with Crippen LogP contribution in [0.1, 0.15) is 157 Å². The summed E-state index contributed by atoms with van der Waals surface area (Å²) < 4.78 is 75.8. The van der Waals surface area contributed by atoms with Crippen molar-refractivity contribution in [1.82, 2.24) is 0 Å². The van der Waals surface area contributed by atoms with E-state index in [2.05, 4.69) is 41.5 Å². The van der Waals surface area contributed by atoms with Gasteiger partial charge < -0.3 is 53.1 Å². The third-order valence-corrected chi connectivity index (χ3v) is 27.6. The molecule has 0 aromatic heterocycles. The molecule has 0 saturated heterocycles. The molecule has 0 spiro atoms. The summed E-state index contributed by atoms with van der Waals surface area (Å²) >= 11 is 0. The second-order valence-corrected chi connectivity index (χ2v) is 31.9. The number of unbranched alkanes of at least 4 members (excludes halogenated alkanes) is 6. The summed E-state index contributed by atoms with van der Waals surface area (Å²) in [5.41, 5.74) is 0.276. The Kier molecular flexibility index (Phi) is 41.5. The van der Waals surface area contributed by atoms with Crippen LogP contribution < -0.4 is 0 Å². The van der Waals surface area contributed by atoms with Gasteiger partial charge in [-0.2, -0.15) is 0 Å². The maximum atomic E-state index is 6.56. The average Bonchev–Trinajstić information content (AvgIpc) is 3.27. The van der Waals surface area contributed by atoms with Gasteiger partial charge in [0.15, 0.2) is 0 Å². The molecule has 0 aromatic carbocycles. The fourth-order valence-electron chi connectivity index (χ4n) is 7.02. The molecule has 0 radical (unpaired) electrons. The minimum atomic E-state index is -2.91. The molecule has 0 aromatic rings. The van der Waals surface area contributed by atoms with Crippen LogP contribution >= 0.6 is 31.4 Å². The first kappa shape index (κ1) is 62.4. The summed E-state index contributed by atoms with van der Waals surface area (Å²) in [5, 5.41) is 0. The molecule has 368 valence electrons. The van der Waals surface area contributed by atoms with E-state index in [0.717, 1.165) is 139 Å². The van der Waals surface area contributed by atoms with E-state index < -0.39 is 35.2 Å². The van der Waals surface area contributed by atoms with E-state index in [1.165, 1.54) is 0 Å². The number of hydrogen-bond acceptors (Lipinski definition) is 15. The van der Waals surface area contributed by atoms with Crippen LogP contribution in [-0.2, 0) is 53.1 Å². The molecule has 0 N–H and O–H groups in total. The van der Waals surface area contributed by atoms with Gasteiger partial charge in [-0.1, -0.05) is 102 Å². The van der Waals surface area contributed by atoms with Crippen LogP contribution in [0.2, 0.25) is 23.2 Å². The van der Waals surface area contributed by atoms with Crippen LogP contribution in [0.25, 0.3) is 0 Å². The summed E-state index contributed by atoms with van der Waals surface area (Å²) in [6, 6.07) is 1.56. The Hall–Kier alpha value is 1.44. The molecular formula is C42H94O12S3Si4. The molecule has 19 heteroatoms. The largest absolute Gasteiger partial charge is 0.503 e. The summed E-state index contributed by atoms with van der Waals surface area (Å²) in [5.74, 6) is 1.89. The molecule has 0 fully saturated rings.